The maximum atomic E-state index is 13.6. The second kappa shape index (κ2) is 9.60. The average molecular weight is 529 g/mol. The monoisotopic (exact) mass is 528 g/mol. The number of hydrogen-bond acceptors (Lipinski definition) is 8. The molecule has 0 aliphatic rings. The number of halogens is 2. The van der Waals surface area contributed by atoms with Crippen molar-refractivity contribution >= 4 is 32.3 Å². The molecule has 0 radical (unpaired) electrons. The number of sulfonamides is 1. The summed E-state index contributed by atoms with van der Waals surface area (Å²) in [5, 5.41) is 14.7. The number of aromatic nitrogens is 4. The van der Waals surface area contributed by atoms with Crippen LogP contribution in [-0.4, -0.2) is 46.0 Å². The molecule has 0 unspecified atom stereocenters. The second-order valence-electron chi connectivity index (χ2n) is 7.57. The molecule has 5 rings (SSSR count). The van der Waals surface area contributed by atoms with Gasteiger partial charge in [0.15, 0.2) is 16.5 Å². The van der Waals surface area contributed by atoms with Gasteiger partial charge in [0.05, 0.1) is 16.3 Å². The summed E-state index contributed by atoms with van der Waals surface area (Å²) in [5.41, 5.74) is 2.17. The van der Waals surface area contributed by atoms with E-state index in [1.807, 2.05) is 16.0 Å². The Balaban J connectivity index is 1.35. The van der Waals surface area contributed by atoms with Crippen molar-refractivity contribution in [2.45, 2.75) is 4.90 Å². The van der Waals surface area contributed by atoms with Crippen LogP contribution in [-0.2, 0) is 10.0 Å². The highest BCUT2D eigenvalue weighted by Gasteiger charge is 2.19. The van der Waals surface area contributed by atoms with Crippen LogP contribution in [0.3, 0.4) is 0 Å². The van der Waals surface area contributed by atoms with E-state index in [-0.39, 0.29) is 23.9 Å². The summed E-state index contributed by atoms with van der Waals surface area (Å²) in [5.74, 6) is -1.48. The summed E-state index contributed by atoms with van der Waals surface area (Å²) in [6, 6.07) is 10.2. The molecule has 0 fully saturated rings. The van der Waals surface area contributed by atoms with Crippen molar-refractivity contribution in [2.24, 2.45) is 0 Å². The van der Waals surface area contributed by atoms with Gasteiger partial charge in [-0.15, -0.1) is 11.3 Å². The van der Waals surface area contributed by atoms with E-state index in [0.29, 0.717) is 27.6 Å². The van der Waals surface area contributed by atoms with Crippen molar-refractivity contribution in [1.82, 2.24) is 24.1 Å². The lowest BCUT2D eigenvalue weighted by Gasteiger charge is -2.09. The minimum absolute atomic E-state index is 0.0366. The molecule has 3 aromatic heterocycles. The molecule has 184 valence electrons. The number of phenolic OH excluding ortho intramolecular Hbond substituents is 1. The van der Waals surface area contributed by atoms with E-state index in [1.54, 1.807) is 12.3 Å². The van der Waals surface area contributed by atoms with Crippen LogP contribution in [0.1, 0.15) is 0 Å². The number of imidazole rings is 1. The molecule has 36 heavy (non-hydrogen) atoms. The highest BCUT2D eigenvalue weighted by atomic mass is 32.2. The number of aromatic hydroxyl groups is 1. The van der Waals surface area contributed by atoms with E-state index < -0.39 is 27.4 Å². The fourth-order valence-corrected chi connectivity index (χ4v) is 5.27. The summed E-state index contributed by atoms with van der Waals surface area (Å²) in [7, 11) is -3.79. The van der Waals surface area contributed by atoms with Crippen LogP contribution < -0.4 is 10.0 Å². The maximum absolute atomic E-state index is 13.6. The number of benzene rings is 2. The van der Waals surface area contributed by atoms with Crippen molar-refractivity contribution < 1.29 is 22.3 Å². The average Bonchev–Trinajstić information content (AvgIpc) is 3.46. The Morgan fingerprint density at radius 3 is 2.61 bits per heavy atom. The van der Waals surface area contributed by atoms with E-state index in [0.717, 1.165) is 12.1 Å². The Morgan fingerprint density at radius 1 is 1.03 bits per heavy atom. The molecular formula is C23H18F2N6O3S2. The van der Waals surface area contributed by atoms with Crippen LogP contribution in [0.15, 0.2) is 71.2 Å². The lowest BCUT2D eigenvalue weighted by molar-refractivity contribution is 0.432. The first-order valence-electron chi connectivity index (χ1n) is 10.6. The first-order valence-corrected chi connectivity index (χ1v) is 12.9. The van der Waals surface area contributed by atoms with E-state index in [9.17, 15) is 22.3 Å². The molecule has 0 aliphatic heterocycles. The minimum atomic E-state index is -3.79. The number of nitrogens with one attached hydrogen (secondary N) is 2. The third-order valence-corrected chi connectivity index (χ3v) is 7.44. The van der Waals surface area contributed by atoms with Crippen LogP contribution in [0.5, 0.6) is 5.75 Å². The van der Waals surface area contributed by atoms with Gasteiger partial charge in [0.2, 0.25) is 16.0 Å². The van der Waals surface area contributed by atoms with E-state index in [1.165, 1.54) is 41.7 Å². The lowest BCUT2D eigenvalue weighted by atomic mass is 10.1. The number of rotatable bonds is 8. The quantitative estimate of drug-likeness (QED) is 0.261. The molecule has 13 heteroatoms. The smallest absolute Gasteiger partial charge is 0.240 e. The first-order chi connectivity index (χ1) is 17.3. The van der Waals surface area contributed by atoms with Gasteiger partial charge in [-0.25, -0.2) is 36.9 Å². The Morgan fingerprint density at radius 2 is 1.83 bits per heavy atom. The van der Waals surface area contributed by atoms with Gasteiger partial charge in [-0.1, -0.05) is 0 Å². The summed E-state index contributed by atoms with van der Waals surface area (Å²) in [4.78, 5) is 14.0. The summed E-state index contributed by atoms with van der Waals surface area (Å²) < 4.78 is 55.6. The van der Waals surface area contributed by atoms with Crippen molar-refractivity contribution in [3.63, 3.8) is 0 Å². The van der Waals surface area contributed by atoms with Crippen LogP contribution in [0, 0.1) is 11.6 Å². The lowest BCUT2D eigenvalue weighted by Crippen LogP contribution is -2.29. The normalized spacial score (nSPS) is 11.7. The largest absolute Gasteiger partial charge is 0.505 e. The van der Waals surface area contributed by atoms with Gasteiger partial charge in [0.25, 0.3) is 0 Å². The summed E-state index contributed by atoms with van der Waals surface area (Å²) in [6.45, 7) is 0.220. The zero-order chi connectivity index (χ0) is 25.3. The van der Waals surface area contributed by atoms with Gasteiger partial charge >= 0.3 is 0 Å². The first kappa shape index (κ1) is 23.8. The van der Waals surface area contributed by atoms with Gasteiger partial charge in [-0.05, 0) is 48.5 Å². The van der Waals surface area contributed by atoms with E-state index in [4.69, 9.17) is 0 Å². The Bertz CT molecular complexity index is 1650. The molecule has 0 saturated heterocycles. The molecule has 0 saturated carbocycles. The molecule has 9 nitrogen and oxygen atoms in total. The topological polar surface area (TPSA) is 122 Å². The number of nitrogens with zero attached hydrogens (tertiary/aromatic N) is 4. The molecule has 2 aromatic carbocycles. The van der Waals surface area contributed by atoms with Gasteiger partial charge in [0.1, 0.15) is 11.5 Å². The third-order valence-electron chi connectivity index (χ3n) is 5.20. The Kier molecular flexibility index (Phi) is 6.35. The molecule has 0 bridgehead atoms. The predicted molar refractivity (Wildman–Crippen MR) is 131 cm³/mol. The fraction of sp³-hybridized carbons (Fsp3) is 0.0870. The van der Waals surface area contributed by atoms with Crippen molar-refractivity contribution in [3.05, 3.63) is 77.9 Å². The SMILES string of the molecule is O=S(=O)(NCCNc1nccc(-c2c(-c3ccc(F)c(O)c3)nc3sccn23)n1)c1ccc(F)cc1. The molecule has 3 heterocycles. The maximum Gasteiger partial charge on any atom is 0.240 e. The fourth-order valence-electron chi connectivity index (χ4n) is 3.52. The van der Waals surface area contributed by atoms with Gasteiger partial charge in [-0.2, -0.15) is 0 Å². The number of fused-ring (bicyclic) bond motifs is 1. The molecule has 0 spiro atoms. The zero-order valence-corrected chi connectivity index (χ0v) is 20.0. The zero-order valence-electron chi connectivity index (χ0n) is 18.4. The van der Waals surface area contributed by atoms with Gasteiger partial charge < -0.3 is 10.4 Å². The van der Waals surface area contributed by atoms with Gasteiger partial charge in [0, 0.05) is 36.4 Å². The summed E-state index contributed by atoms with van der Waals surface area (Å²) in [6.07, 6.45) is 3.37. The van der Waals surface area contributed by atoms with Crippen molar-refractivity contribution in [2.75, 3.05) is 18.4 Å². The van der Waals surface area contributed by atoms with Crippen LogP contribution in [0.2, 0.25) is 0 Å². The molecule has 0 atom stereocenters. The van der Waals surface area contributed by atoms with Crippen molar-refractivity contribution in [1.29, 1.82) is 0 Å². The number of hydrogen-bond donors (Lipinski definition) is 3. The Hall–Kier alpha value is -3.94. The molecule has 0 amide bonds. The Labute approximate surface area is 208 Å². The highest BCUT2D eigenvalue weighted by molar-refractivity contribution is 7.89. The molecule has 3 N–H and O–H groups in total. The number of anilines is 1. The van der Waals surface area contributed by atoms with Crippen LogP contribution in [0.4, 0.5) is 14.7 Å². The van der Waals surface area contributed by atoms with Crippen LogP contribution >= 0.6 is 11.3 Å². The summed E-state index contributed by atoms with van der Waals surface area (Å²) >= 11 is 1.41. The van der Waals surface area contributed by atoms with E-state index in [2.05, 4.69) is 25.0 Å². The number of thiazole rings is 1. The molecule has 0 aliphatic carbocycles. The highest BCUT2D eigenvalue weighted by Crippen LogP contribution is 2.35. The van der Waals surface area contributed by atoms with Crippen molar-refractivity contribution in [3.8, 4) is 28.4 Å². The van der Waals surface area contributed by atoms with Gasteiger partial charge in [-0.3, -0.25) is 4.40 Å². The second-order valence-corrected chi connectivity index (χ2v) is 10.2. The third kappa shape index (κ3) is 4.76. The molecular weight excluding hydrogens is 510 g/mol. The predicted octanol–water partition coefficient (Wildman–Crippen LogP) is 3.89. The van der Waals surface area contributed by atoms with Crippen LogP contribution in [0.25, 0.3) is 27.6 Å². The standard InChI is InChI=1S/C23H18F2N6O3S2/c24-15-2-4-16(5-3-15)36(33,34)28-10-9-27-22-26-8-7-18(29-22)21-20(30-23-31(21)11-12-35-23)14-1-6-17(25)19(32)13-14/h1-8,11-13,28,32H,9-10H2,(H,26,27,29). The van der Waals surface area contributed by atoms with E-state index >= 15 is 0 Å². The molecule has 5 aromatic rings. The minimum Gasteiger partial charge on any atom is -0.505 e. The number of phenols is 1.